The first-order valence-electron chi connectivity index (χ1n) is 6.68. The molecule has 0 spiro atoms. The topological polar surface area (TPSA) is 49.4 Å². The predicted octanol–water partition coefficient (Wildman–Crippen LogP) is 2.58. The van der Waals surface area contributed by atoms with Gasteiger partial charge in [0.25, 0.3) is 11.8 Å². The highest BCUT2D eigenvalue weighted by molar-refractivity contribution is 7.80. The van der Waals surface area contributed by atoms with E-state index in [-0.39, 0.29) is 5.11 Å². The Balaban J connectivity index is 1.89. The molecule has 2 amide bonds. The predicted molar refractivity (Wildman–Crippen MR) is 87.8 cm³/mol. The number of hydrogen-bond donors (Lipinski definition) is 1. The first-order valence-corrected chi connectivity index (χ1v) is 7.09. The van der Waals surface area contributed by atoms with Gasteiger partial charge in [0.1, 0.15) is 5.70 Å². The third-order valence-corrected chi connectivity index (χ3v) is 3.50. The molecule has 1 fully saturated rings. The monoisotopic (exact) mass is 308 g/mol. The highest BCUT2D eigenvalue weighted by atomic mass is 32.1. The van der Waals surface area contributed by atoms with Gasteiger partial charge in [-0.3, -0.25) is 9.59 Å². The largest absolute Gasteiger partial charge is 0.327 e. The van der Waals surface area contributed by atoms with Gasteiger partial charge in [-0.15, -0.1) is 0 Å². The van der Waals surface area contributed by atoms with E-state index in [1.807, 2.05) is 30.3 Å². The Morgan fingerprint density at radius 3 is 2.23 bits per heavy atom. The van der Waals surface area contributed by atoms with Gasteiger partial charge in [0.15, 0.2) is 5.11 Å². The summed E-state index contributed by atoms with van der Waals surface area (Å²) in [5, 5.41) is 2.90. The first kappa shape index (κ1) is 14.2. The molecule has 2 aromatic rings. The average molecular weight is 308 g/mol. The van der Waals surface area contributed by atoms with E-state index in [1.165, 1.54) is 0 Å². The molecule has 1 saturated heterocycles. The molecule has 1 aliphatic heterocycles. The van der Waals surface area contributed by atoms with Gasteiger partial charge in [-0.25, -0.2) is 4.90 Å². The maximum absolute atomic E-state index is 12.4. The molecule has 1 N–H and O–H groups in total. The molecule has 2 aromatic carbocycles. The van der Waals surface area contributed by atoms with Crippen LogP contribution in [0.2, 0.25) is 0 Å². The van der Waals surface area contributed by atoms with Crippen molar-refractivity contribution in [3.8, 4) is 0 Å². The number of carbonyl (C=O) groups is 2. The quantitative estimate of drug-likeness (QED) is 0.526. The van der Waals surface area contributed by atoms with Crippen molar-refractivity contribution in [1.82, 2.24) is 10.2 Å². The van der Waals surface area contributed by atoms with Gasteiger partial charge in [-0.1, -0.05) is 48.5 Å². The van der Waals surface area contributed by atoms with Gasteiger partial charge in [0, 0.05) is 5.56 Å². The molecule has 0 bridgehead atoms. The summed E-state index contributed by atoms with van der Waals surface area (Å²) in [5.74, 6) is -0.873. The molecule has 1 heterocycles. The lowest BCUT2D eigenvalue weighted by Gasteiger charge is -2.11. The maximum atomic E-state index is 12.4. The van der Waals surface area contributed by atoms with Gasteiger partial charge in [0.2, 0.25) is 0 Å². The second-order valence-electron chi connectivity index (χ2n) is 4.71. The number of amides is 2. The van der Waals surface area contributed by atoms with Crippen molar-refractivity contribution in [3.63, 3.8) is 0 Å². The Hall–Kier alpha value is -2.79. The van der Waals surface area contributed by atoms with Crippen molar-refractivity contribution in [2.24, 2.45) is 0 Å². The molecule has 3 rings (SSSR count). The van der Waals surface area contributed by atoms with E-state index in [0.29, 0.717) is 11.3 Å². The van der Waals surface area contributed by atoms with E-state index in [0.717, 1.165) is 10.5 Å². The van der Waals surface area contributed by atoms with Crippen LogP contribution < -0.4 is 5.32 Å². The number of rotatable bonds is 2. The third kappa shape index (κ3) is 2.66. The lowest BCUT2D eigenvalue weighted by Crippen LogP contribution is -2.36. The molecule has 1 aliphatic rings. The highest BCUT2D eigenvalue weighted by Crippen LogP contribution is 2.17. The summed E-state index contributed by atoms with van der Waals surface area (Å²) in [4.78, 5) is 25.8. The zero-order valence-electron chi connectivity index (χ0n) is 11.5. The smallest absolute Gasteiger partial charge is 0.283 e. The van der Waals surface area contributed by atoms with E-state index in [1.54, 1.807) is 36.4 Å². The molecule has 0 radical (unpaired) electrons. The fourth-order valence-corrected chi connectivity index (χ4v) is 2.42. The summed E-state index contributed by atoms with van der Waals surface area (Å²) in [6, 6.07) is 18.0. The fraction of sp³-hybridized carbons (Fsp3) is 0. The molecule has 0 saturated carbocycles. The minimum atomic E-state index is -0.442. The average Bonchev–Trinajstić information content (AvgIpc) is 2.82. The van der Waals surface area contributed by atoms with Crippen LogP contribution in [-0.2, 0) is 4.79 Å². The van der Waals surface area contributed by atoms with Gasteiger partial charge < -0.3 is 5.32 Å². The second-order valence-corrected chi connectivity index (χ2v) is 5.10. The Morgan fingerprint density at radius 2 is 1.59 bits per heavy atom. The number of nitrogens with one attached hydrogen (secondary N) is 1. The van der Waals surface area contributed by atoms with E-state index >= 15 is 0 Å². The van der Waals surface area contributed by atoms with Crippen LogP contribution in [0.3, 0.4) is 0 Å². The highest BCUT2D eigenvalue weighted by Gasteiger charge is 2.36. The molecule has 0 aliphatic carbocycles. The summed E-state index contributed by atoms with van der Waals surface area (Å²) < 4.78 is 0. The first-order chi connectivity index (χ1) is 10.7. The summed E-state index contributed by atoms with van der Waals surface area (Å²) in [5.41, 5.74) is 1.57. The van der Waals surface area contributed by atoms with Crippen LogP contribution in [0.25, 0.3) is 6.08 Å². The van der Waals surface area contributed by atoms with Gasteiger partial charge in [-0.2, -0.15) is 0 Å². The zero-order chi connectivity index (χ0) is 15.5. The van der Waals surface area contributed by atoms with E-state index in [2.05, 4.69) is 5.32 Å². The molecule has 0 unspecified atom stereocenters. The van der Waals surface area contributed by atoms with Gasteiger partial charge >= 0.3 is 0 Å². The SMILES string of the molecule is O=C1C(=Cc2ccccc2)NC(=S)N1C(=O)c1ccccc1. The molecule has 4 nitrogen and oxygen atoms in total. The molecule has 0 atom stereocenters. The van der Waals surface area contributed by atoms with Crippen molar-refractivity contribution >= 4 is 35.2 Å². The Labute approximate surface area is 133 Å². The summed E-state index contributed by atoms with van der Waals surface area (Å²) in [6.07, 6.45) is 1.67. The van der Waals surface area contributed by atoms with Crippen LogP contribution in [0.1, 0.15) is 15.9 Å². The van der Waals surface area contributed by atoms with E-state index in [9.17, 15) is 9.59 Å². The molecule has 108 valence electrons. The van der Waals surface area contributed by atoms with Crippen molar-refractivity contribution in [2.75, 3.05) is 0 Å². The number of thiocarbonyl (C=S) groups is 1. The van der Waals surface area contributed by atoms with E-state index in [4.69, 9.17) is 12.2 Å². The normalized spacial score (nSPS) is 16.0. The third-order valence-electron chi connectivity index (χ3n) is 3.21. The molecule has 5 heteroatoms. The minimum absolute atomic E-state index is 0.0982. The zero-order valence-corrected chi connectivity index (χ0v) is 12.3. The molecular weight excluding hydrogens is 296 g/mol. The van der Waals surface area contributed by atoms with Crippen molar-refractivity contribution in [3.05, 3.63) is 77.5 Å². The van der Waals surface area contributed by atoms with E-state index < -0.39 is 11.8 Å². The van der Waals surface area contributed by atoms with Crippen LogP contribution >= 0.6 is 12.2 Å². The molecular formula is C17H12N2O2S. The number of nitrogens with zero attached hydrogens (tertiary/aromatic N) is 1. The van der Waals surface area contributed by atoms with Gasteiger partial charge in [-0.05, 0) is 36.0 Å². The summed E-state index contributed by atoms with van der Waals surface area (Å²) in [7, 11) is 0. The van der Waals surface area contributed by atoms with Crippen LogP contribution in [0.15, 0.2) is 66.4 Å². The molecule has 22 heavy (non-hydrogen) atoms. The Kier molecular flexibility index (Phi) is 3.80. The van der Waals surface area contributed by atoms with Crippen LogP contribution in [0.4, 0.5) is 0 Å². The number of carbonyl (C=O) groups excluding carboxylic acids is 2. The van der Waals surface area contributed by atoms with Crippen LogP contribution in [0.5, 0.6) is 0 Å². The Morgan fingerprint density at radius 1 is 1.00 bits per heavy atom. The number of hydrogen-bond acceptors (Lipinski definition) is 3. The van der Waals surface area contributed by atoms with Crippen LogP contribution in [0, 0.1) is 0 Å². The van der Waals surface area contributed by atoms with Crippen LogP contribution in [-0.4, -0.2) is 21.8 Å². The second kappa shape index (κ2) is 5.91. The fourth-order valence-electron chi connectivity index (χ4n) is 2.15. The number of benzene rings is 2. The summed E-state index contributed by atoms with van der Waals surface area (Å²) in [6.45, 7) is 0. The maximum Gasteiger partial charge on any atom is 0.283 e. The minimum Gasteiger partial charge on any atom is -0.327 e. The summed E-state index contributed by atoms with van der Waals surface area (Å²) >= 11 is 5.12. The lowest BCUT2D eigenvalue weighted by atomic mass is 10.2. The van der Waals surface area contributed by atoms with Crippen molar-refractivity contribution in [2.45, 2.75) is 0 Å². The van der Waals surface area contributed by atoms with Crippen molar-refractivity contribution in [1.29, 1.82) is 0 Å². The van der Waals surface area contributed by atoms with Crippen molar-refractivity contribution < 1.29 is 9.59 Å². The lowest BCUT2D eigenvalue weighted by molar-refractivity contribution is -0.120. The Bertz CT molecular complexity index is 770. The standard InChI is InChI=1S/C17H12N2O2S/c20-15(13-9-5-2-6-10-13)19-16(21)14(18-17(19)22)11-12-7-3-1-4-8-12/h1-11H,(H,18,22). The number of imide groups is 1. The molecule has 0 aromatic heterocycles. The van der Waals surface area contributed by atoms with Gasteiger partial charge in [0.05, 0.1) is 0 Å².